The van der Waals surface area contributed by atoms with Crippen LogP contribution in [0.4, 0.5) is 0 Å². The molecule has 0 aromatic carbocycles. The highest BCUT2D eigenvalue weighted by atomic mass is 33.1. The average Bonchev–Trinajstić information content (AvgIpc) is 2.33. The van der Waals surface area contributed by atoms with Gasteiger partial charge in [-0.3, -0.25) is 0 Å². The molecule has 2 unspecified atom stereocenters. The van der Waals surface area contributed by atoms with Crippen molar-refractivity contribution < 1.29 is 0 Å². The third-order valence-corrected chi connectivity index (χ3v) is 7.52. The van der Waals surface area contributed by atoms with Gasteiger partial charge >= 0.3 is 0 Å². The summed E-state index contributed by atoms with van der Waals surface area (Å²) in [6, 6.07) is 0. The van der Waals surface area contributed by atoms with Crippen LogP contribution in [0, 0.1) is 11.8 Å². The highest BCUT2D eigenvalue weighted by Gasteiger charge is 2.27. The Morgan fingerprint density at radius 1 is 0.846 bits per heavy atom. The lowest BCUT2D eigenvalue weighted by Crippen LogP contribution is -2.02. The highest BCUT2D eigenvalue weighted by molar-refractivity contribution is 8.82. The van der Waals surface area contributed by atoms with Gasteiger partial charge in [-0.15, -0.1) is 11.8 Å². The summed E-state index contributed by atoms with van der Waals surface area (Å²) in [5.41, 5.74) is 0. The number of hydrogen-bond acceptors (Lipinski definition) is 3. The second-order valence-corrected chi connectivity index (χ2v) is 9.13. The van der Waals surface area contributed by atoms with Gasteiger partial charge in [0.05, 0.1) is 9.16 Å². The van der Waals surface area contributed by atoms with Crippen molar-refractivity contribution in [3.05, 3.63) is 0 Å². The first-order valence-electron chi connectivity index (χ1n) is 5.05. The number of thioether (sulfide) groups is 1. The van der Waals surface area contributed by atoms with Crippen LogP contribution in [0.5, 0.6) is 0 Å². The van der Waals surface area contributed by atoms with E-state index >= 15 is 0 Å². The Labute approximate surface area is 94.8 Å². The highest BCUT2D eigenvalue weighted by Crippen LogP contribution is 2.54. The maximum Gasteiger partial charge on any atom is 0.0620 e. The molecular weight excluding hydrogens is 216 g/mol. The fourth-order valence-electron chi connectivity index (χ4n) is 1.30. The van der Waals surface area contributed by atoms with Gasteiger partial charge in [-0.1, -0.05) is 49.3 Å². The zero-order chi connectivity index (χ0) is 9.84. The van der Waals surface area contributed by atoms with Crippen LogP contribution in [0.15, 0.2) is 0 Å². The van der Waals surface area contributed by atoms with Gasteiger partial charge < -0.3 is 0 Å². The van der Waals surface area contributed by atoms with Gasteiger partial charge in [0, 0.05) is 0 Å². The normalized spacial score (nSPS) is 29.1. The van der Waals surface area contributed by atoms with E-state index in [0.717, 1.165) is 21.0 Å². The summed E-state index contributed by atoms with van der Waals surface area (Å²) in [6.45, 7) is 9.28. The van der Waals surface area contributed by atoms with E-state index in [1.165, 1.54) is 12.8 Å². The molecule has 0 saturated carbocycles. The van der Waals surface area contributed by atoms with Crippen LogP contribution >= 0.6 is 33.3 Å². The molecule has 0 nitrogen and oxygen atoms in total. The Bertz CT molecular complexity index is 129. The summed E-state index contributed by atoms with van der Waals surface area (Å²) < 4.78 is 1.71. The van der Waals surface area contributed by atoms with Crippen molar-refractivity contribution in [3.63, 3.8) is 0 Å². The fourth-order valence-corrected chi connectivity index (χ4v) is 8.03. The summed E-state index contributed by atoms with van der Waals surface area (Å²) >= 11 is 2.19. The van der Waals surface area contributed by atoms with Gasteiger partial charge in [-0.25, -0.2) is 0 Å². The lowest BCUT2D eigenvalue weighted by molar-refractivity contribution is 0.612. The SMILES string of the molecule is CC(C)CC1SSC(CC(C)C)S1. The predicted octanol–water partition coefficient (Wildman–Crippen LogP) is 4.86. The zero-order valence-electron chi connectivity index (χ0n) is 8.95. The first kappa shape index (κ1) is 12.1. The van der Waals surface area contributed by atoms with Gasteiger partial charge in [-0.2, -0.15) is 0 Å². The van der Waals surface area contributed by atoms with E-state index in [0.29, 0.717) is 0 Å². The van der Waals surface area contributed by atoms with Crippen molar-refractivity contribution in [2.24, 2.45) is 11.8 Å². The molecule has 1 saturated heterocycles. The van der Waals surface area contributed by atoms with Crippen LogP contribution in [-0.4, -0.2) is 9.16 Å². The molecule has 0 spiro atoms. The molecule has 1 aliphatic rings. The van der Waals surface area contributed by atoms with E-state index in [4.69, 9.17) is 0 Å². The molecule has 0 bridgehead atoms. The van der Waals surface area contributed by atoms with Crippen LogP contribution in [-0.2, 0) is 0 Å². The molecule has 1 fully saturated rings. The van der Waals surface area contributed by atoms with Crippen LogP contribution in [0.25, 0.3) is 0 Å². The minimum Gasteiger partial charge on any atom is -0.131 e. The lowest BCUT2D eigenvalue weighted by atomic mass is 10.2. The molecule has 0 aliphatic carbocycles. The van der Waals surface area contributed by atoms with E-state index in [2.05, 4.69) is 61.0 Å². The fraction of sp³-hybridized carbons (Fsp3) is 1.00. The molecule has 0 aromatic rings. The molecule has 0 amide bonds. The second kappa shape index (κ2) is 5.82. The molecule has 3 heteroatoms. The van der Waals surface area contributed by atoms with Crippen molar-refractivity contribution in [2.75, 3.05) is 0 Å². The molecule has 1 heterocycles. The standard InChI is InChI=1S/C10H20S3/c1-7(2)5-9-11-10(13-12-9)6-8(3)4/h7-10H,5-6H2,1-4H3. The third kappa shape index (κ3) is 4.89. The smallest absolute Gasteiger partial charge is 0.0620 e. The van der Waals surface area contributed by atoms with Crippen molar-refractivity contribution in [2.45, 2.75) is 49.7 Å². The molecule has 1 rings (SSSR count). The Morgan fingerprint density at radius 2 is 1.23 bits per heavy atom. The minimum atomic E-state index is 0.850. The summed E-state index contributed by atoms with van der Waals surface area (Å²) in [6.07, 6.45) is 2.74. The van der Waals surface area contributed by atoms with Crippen molar-refractivity contribution in [3.8, 4) is 0 Å². The van der Waals surface area contributed by atoms with E-state index in [1.54, 1.807) is 0 Å². The topological polar surface area (TPSA) is 0 Å². The predicted molar refractivity (Wildman–Crippen MR) is 69.3 cm³/mol. The minimum absolute atomic E-state index is 0.850. The Hall–Kier alpha value is 1.05. The number of hydrogen-bond donors (Lipinski definition) is 0. The van der Waals surface area contributed by atoms with E-state index in [-0.39, 0.29) is 0 Å². The first-order chi connectivity index (χ1) is 6.08. The molecular formula is C10H20S3. The summed E-state index contributed by atoms with van der Waals surface area (Å²) in [4.78, 5) is 0. The molecule has 0 radical (unpaired) electrons. The van der Waals surface area contributed by atoms with Crippen LogP contribution < -0.4 is 0 Å². The van der Waals surface area contributed by atoms with E-state index in [1.807, 2.05) is 0 Å². The van der Waals surface area contributed by atoms with Crippen molar-refractivity contribution >= 4 is 33.3 Å². The zero-order valence-corrected chi connectivity index (χ0v) is 11.4. The van der Waals surface area contributed by atoms with E-state index < -0.39 is 0 Å². The van der Waals surface area contributed by atoms with Gasteiger partial charge in [0.1, 0.15) is 0 Å². The Balaban J connectivity index is 2.20. The molecule has 78 valence electrons. The van der Waals surface area contributed by atoms with Gasteiger partial charge in [0.15, 0.2) is 0 Å². The second-order valence-electron chi connectivity index (χ2n) is 4.45. The number of rotatable bonds is 4. The molecule has 0 N–H and O–H groups in total. The van der Waals surface area contributed by atoms with Gasteiger partial charge in [0.25, 0.3) is 0 Å². The summed E-state index contributed by atoms with van der Waals surface area (Å²) in [5, 5.41) is 0. The maximum absolute atomic E-state index is 2.32. The van der Waals surface area contributed by atoms with Crippen molar-refractivity contribution in [1.82, 2.24) is 0 Å². The monoisotopic (exact) mass is 236 g/mol. The lowest BCUT2D eigenvalue weighted by Gasteiger charge is -2.12. The van der Waals surface area contributed by atoms with Gasteiger partial charge in [-0.05, 0) is 24.7 Å². The summed E-state index contributed by atoms with van der Waals surface area (Å²) in [7, 11) is 4.20. The molecule has 1 aliphatic heterocycles. The van der Waals surface area contributed by atoms with Crippen LogP contribution in [0.1, 0.15) is 40.5 Å². The summed E-state index contributed by atoms with van der Waals surface area (Å²) in [5.74, 6) is 1.70. The molecule has 0 aromatic heterocycles. The average molecular weight is 236 g/mol. The third-order valence-electron chi connectivity index (χ3n) is 1.90. The van der Waals surface area contributed by atoms with E-state index in [9.17, 15) is 0 Å². The van der Waals surface area contributed by atoms with Crippen LogP contribution in [0.2, 0.25) is 0 Å². The van der Waals surface area contributed by atoms with Crippen LogP contribution in [0.3, 0.4) is 0 Å². The Morgan fingerprint density at radius 3 is 1.54 bits per heavy atom. The molecule has 2 atom stereocenters. The van der Waals surface area contributed by atoms with Gasteiger partial charge in [0.2, 0.25) is 0 Å². The Kier molecular flexibility index (Phi) is 5.42. The largest absolute Gasteiger partial charge is 0.131 e. The first-order valence-corrected chi connectivity index (χ1v) is 8.27. The maximum atomic E-state index is 2.32. The van der Waals surface area contributed by atoms with Crippen molar-refractivity contribution in [1.29, 1.82) is 0 Å². The molecule has 13 heavy (non-hydrogen) atoms. The quantitative estimate of drug-likeness (QED) is 0.640.